The molecule has 3 N–H and O–H groups in total. The summed E-state index contributed by atoms with van der Waals surface area (Å²) in [5.41, 5.74) is 6.77. The highest BCUT2D eigenvalue weighted by Crippen LogP contribution is 2.15. The number of carbonyl (C=O) groups is 1. The van der Waals surface area contributed by atoms with Crippen LogP contribution in [0.4, 0.5) is 5.69 Å². The third kappa shape index (κ3) is 3.95. The molecule has 1 aromatic rings. The minimum Gasteiger partial charge on any atom is -0.381 e. The first-order valence-electron chi connectivity index (χ1n) is 7.12. The summed E-state index contributed by atoms with van der Waals surface area (Å²) in [6.07, 6.45) is 0. The van der Waals surface area contributed by atoms with E-state index >= 15 is 0 Å². The Bertz CT molecular complexity index is 455. The largest absolute Gasteiger partial charge is 0.381 e. The summed E-state index contributed by atoms with van der Waals surface area (Å²) in [5, 5.41) is 3.39. The van der Waals surface area contributed by atoms with Crippen molar-refractivity contribution in [1.29, 1.82) is 0 Å². The van der Waals surface area contributed by atoms with E-state index in [0.29, 0.717) is 5.56 Å². The number of likely N-dealkylation sites (N-methyl/N-ethyl adjacent to an activating group) is 1. The first kappa shape index (κ1) is 14.8. The van der Waals surface area contributed by atoms with E-state index in [1.165, 1.54) is 0 Å². The van der Waals surface area contributed by atoms with Gasteiger partial charge < -0.3 is 16.0 Å². The maximum Gasteiger partial charge on any atom is 0.250 e. The lowest BCUT2D eigenvalue weighted by Crippen LogP contribution is -2.47. The first-order valence-corrected chi connectivity index (χ1v) is 7.12. The Labute approximate surface area is 120 Å². The Balaban J connectivity index is 1.91. The molecule has 2 rings (SSSR count). The Morgan fingerprint density at radius 2 is 1.95 bits per heavy atom. The molecule has 5 nitrogen and oxygen atoms in total. The van der Waals surface area contributed by atoms with Crippen molar-refractivity contribution < 1.29 is 4.79 Å². The molecule has 0 spiro atoms. The van der Waals surface area contributed by atoms with Gasteiger partial charge in [-0.3, -0.25) is 9.69 Å². The fourth-order valence-corrected chi connectivity index (χ4v) is 2.55. The normalized spacial score (nSPS) is 18.7. The van der Waals surface area contributed by atoms with Crippen LogP contribution in [0.5, 0.6) is 0 Å². The number of piperazine rings is 1. The molecule has 1 aliphatic heterocycles. The summed E-state index contributed by atoms with van der Waals surface area (Å²) in [7, 11) is 2.15. The number of nitrogens with two attached hydrogens (primary N) is 1. The van der Waals surface area contributed by atoms with E-state index in [-0.39, 0.29) is 11.9 Å². The molecule has 1 unspecified atom stereocenters. The van der Waals surface area contributed by atoms with Crippen LogP contribution in [0.1, 0.15) is 17.3 Å². The number of amides is 1. The first-order chi connectivity index (χ1) is 9.56. The van der Waals surface area contributed by atoms with Crippen molar-refractivity contribution in [2.24, 2.45) is 5.73 Å². The van der Waals surface area contributed by atoms with Gasteiger partial charge in [0.2, 0.25) is 0 Å². The van der Waals surface area contributed by atoms with Crippen LogP contribution in [-0.2, 0) is 0 Å². The zero-order valence-corrected chi connectivity index (χ0v) is 12.3. The number of rotatable bonds is 5. The van der Waals surface area contributed by atoms with Crippen molar-refractivity contribution in [1.82, 2.24) is 9.80 Å². The van der Waals surface area contributed by atoms with E-state index in [0.717, 1.165) is 38.4 Å². The van der Waals surface area contributed by atoms with Crippen molar-refractivity contribution in [3.05, 3.63) is 29.8 Å². The number of carbonyl (C=O) groups excluding carboxylic acids is 1. The van der Waals surface area contributed by atoms with Crippen LogP contribution in [0, 0.1) is 0 Å². The standard InChI is InChI=1S/C15H24N4O/c1-12(11-19-9-7-18(2)8-10-19)17-14-6-4-3-5-13(14)15(16)20/h3-6,12,17H,7-11H2,1-2H3,(H2,16,20). The number of primary amides is 1. The third-order valence-corrected chi connectivity index (χ3v) is 3.72. The zero-order valence-electron chi connectivity index (χ0n) is 12.3. The Hall–Kier alpha value is -1.59. The highest BCUT2D eigenvalue weighted by atomic mass is 16.1. The van der Waals surface area contributed by atoms with Gasteiger partial charge in [0.05, 0.1) is 5.56 Å². The number of hydrogen-bond acceptors (Lipinski definition) is 4. The summed E-state index contributed by atoms with van der Waals surface area (Å²) in [6, 6.07) is 7.68. The Morgan fingerprint density at radius 3 is 2.60 bits per heavy atom. The smallest absolute Gasteiger partial charge is 0.250 e. The van der Waals surface area contributed by atoms with Crippen molar-refractivity contribution in [3.8, 4) is 0 Å². The highest BCUT2D eigenvalue weighted by Gasteiger charge is 2.17. The average molecular weight is 276 g/mol. The van der Waals surface area contributed by atoms with Gasteiger partial charge in [-0.1, -0.05) is 12.1 Å². The van der Waals surface area contributed by atoms with Gasteiger partial charge in [-0.2, -0.15) is 0 Å². The maximum absolute atomic E-state index is 11.4. The summed E-state index contributed by atoms with van der Waals surface area (Å²) >= 11 is 0. The molecule has 5 heteroatoms. The summed E-state index contributed by atoms with van der Waals surface area (Å²) < 4.78 is 0. The van der Waals surface area contributed by atoms with Gasteiger partial charge in [-0.15, -0.1) is 0 Å². The lowest BCUT2D eigenvalue weighted by molar-refractivity contribution is 0.100. The minimum absolute atomic E-state index is 0.277. The number of nitrogens with zero attached hydrogens (tertiary/aromatic N) is 2. The second kappa shape index (κ2) is 6.72. The average Bonchev–Trinajstić information content (AvgIpc) is 2.41. The number of anilines is 1. The van der Waals surface area contributed by atoms with Crippen molar-refractivity contribution in [2.45, 2.75) is 13.0 Å². The fourth-order valence-electron chi connectivity index (χ4n) is 2.55. The Morgan fingerprint density at radius 1 is 1.30 bits per heavy atom. The van der Waals surface area contributed by atoms with Crippen LogP contribution in [0.2, 0.25) is 0 Å². The predicted molar refractivity (Wildman–Crippen MR) is 82.0 cm³/mol. The molecule has 0 bridgehead atoms. The molecule has 0 aromatic heterocycles. The molecular formula is C15H24N4O. The second-order valence-electron chi connectivity index (χ2n) is 5.56. The van der Waals surface area contributed by atoms with Crippen molar-refractivity contribution >= 4 is 11.6 Å². The van der Waals surface area contributed by atoms with E-state index < -0.39 is 0 Å². The van der Waals surface area contributed by atoms with E-state index in [2.05, 4.69) is 29.1 Å². The molecule has 1 aliphatic rings. The van der Waals surface area contributed by atoms with Crippen LogP contribution in [0.3, 0.4) is 0 Å². The van der Waals surface area contributed by atoms with Crippen LogP contribution in [0.25, 0.3) is 0 Å². The molecule has 1 amide bonds. The summed E-state index contributed by atoms with van der Waals surface area (Å²) in [4.78, 5) is 16.2. The number of benzene rings is 1. The van der Waals surface area contributed by atoms with E-state index in [1.54, 1.807) is 6.07 Å². The van der Waals surface area contributed by atoms with Gasteiger partial charge in [0, 0.05) is 44.5 Å². The molecule has 1 atom stereocenters. The van der Waals surface area contributed by atoms with E-state index in [4.69, 9.17) is 5.73 Å². The quantitative estimate of drug-likeness (QED) is 0.836. The van der Waals surface area contributed by atoms with Crippen LogP contribution < -0.4 is 11.1 Å². The number of nitrogens with one attached hydrogen (secondary N) is 1. The van der Waals surface area contributed by atoms with Crippen LogP contribution >= 0.6 is 0 Å². The SMILES string of the molecule is CC(CN1CCN(C)CC1)Nc1ccccc1C(N)=O. The molecule has 0 saturated carbocycles. The van der Waals surface area contributed by atoms with Gasteiger partial charge >= 0.3 is 0 Å². The molecule has 0 aliphatic carbocycles. The lowest BCUT2D eigenvalue weighted by Gasteiger charge is -2.34. The summed E-state index contributed by atoms with van der Waals surface area (Å²) in [6.45, 7) is 7.53. The van der Waals surface area contributed by atoms with Gasteiger partial charge in [0.15, 0.2) is 0 Å². The minimum atomic E-state index is -0.389. The highest BCUT2D eigenvalue weighted by molar-refractivity contribution is 5.98. The molecule has 20 heavy (non-hydrogen) atoms. The molecule has 1 fully saturated rings. The second-order valence-corrected chi connectivity index (χ2v) is 5.56. The number of para-hydroxylation sites is 1. The van der Waals surface area contributed by atoms with Gasteiger partial charge in [0.1, 0.15) is 0 Å². The molecule has 1 aromatic carbocycles. The van der Waals surface area contributed by atoms with Crippen molar-refractivity contribution in [2.75, 3.05) is 45.1 Å². The summed E-state index contributed by atoms with van der Waals surface area (Å²) in [5.74, 6) is -0.389. The molecule has 110 valence electrons. The van der Waals surface area contributed by atoms with E-state index in [9.17, 15) is 4.79 Å². The van der Waals surface area contributed by atoms with Gasteiger partial charge in [-0.25, -0.2) is 0 Å². The topological polar surface area (TPSA) is 61.6 Å². The fraction of sp³-hybridized carbons (Fsp3) is 0.533. The molecule has 0 radical (unpaired) electrons. The lowest BCUT2D eigenvalue weighted by atomic mass is 10.1. The van der Waals surface area contributed by atoms with E-state index in [1.807, 2.05) is 18.2 Å². The van der Waals surface area contributed by atoms with Crippen molar-refractivity contribution in [3.63, 3.8) is 0 Å². The maximum atomic E-state index is 11.4. The van der Waals surface area contributed by atoms with Crippen LogP contribution in [0.15, 0.2) is 24.3 Å². The third-order valence-electron chi connectivity index (χ3n) is 3.72. The molecule has 1 saturated heterocycles. The molecule has 1 heterocycles. The zero-order chi connectivity index (χ0) is 14.5. The van der Waals surface area contributed by atoms with Gasteiger partial charge in [0.25, 0.3) is 5.91 Å². The number of hydrogen-bond donors (Lipinski definition) is 2. The molecular weight excluding hydrogens is 252 g/mol. The van der Waals surface area contributed by atoms with Gasteiger partial charge in [-0.05, 0) is 26.1 Å². The monoisotopic (exact) mass is 276 g/mol. The Kier molecular flexibility index (Phi) is 4.98. The predicted octanol–water partition coefficient (Wildman–Crippen LogP) is 0.833. The van der Waals surface area contributed by atoms with Crippen LogP contribution in [-0.4, -0.2) is 61.5 Å².